The second-order valence-electron chi connectivity index (χ2n) is 6.63. The number of H-pyrrole nitrogens is 1. The number of thioether (sulfide) groups is 1. The van der Waals surface area contributed by atoms with Crippen LogP contribution in [-0.2, 0) is 23.5 Å². The van der Waals surface area contributed by atoms with Crippen molar-refractivity contribution in [3.8, 4) is 0 Å². The smallest absolute Gasteiger partial charge is 0.232 e. The van der Waals surface area contributed by atoms with Crippen molar-refractivity contribution >= 4 is 28.6 Å². The maximum Gasteiger partial charge on any atom is 0.232 e. The monoisotopic (exact) mass is 373 g/mol. The molecular weight excluding hydrogens is 353 g/mol. The molecule has 1 aliphatic heterocycles. The van der Waals surface area contributed by atoms with Gasteiger partial charge in [0, 0.05) is 53.0 Å². The van der Waals surface area contributed by atoms with E-state index >= 15 is 0 Å². The summed E-state index contributed by atoms with van der Waals surface area (Å²) in [6, 6.07) is 4.76. The van der Waals surface area contributed by atoms with Crippen molar-refractivity contribution in [1.29, 1.82) is 0 Å². The number of aryl methyl sites for hydroxylation is 2. The number of fused-ring (bicyclic) bond motifs is 3. The Morgan fingerprint density at radius 3 is 3.04 bits per heavy atom. The third-order valence-electron chi connectivity index (χ3n) is 4.94. The van der Waals surface area contributed by atoms with Gasteiger partial charge < -0.3 is 14.4 Å². The van der Waals surface area contributed by atoms with E-state index in [0.717, 1.165) is 45.6 Å². The molecule has 4 rings (SSSR count). The summed E-state index contributed by atoms with van der Waals surface area (Å²) >= 11 is 1.57. The molecule has 136 valence electrons. The van der Waals surface area contributed by atoms with Crippen molar-refractivity contribution in [3.63, 3.8) is 0 Å². The summed E-state index contributed by atoms with van der Waals surface area (Å²) in [7, 11) is 0. The van der Waals surface area contributed by atoms with Crippen LogP contribution in [0.4, 0.5) is 4.39 Å². The quantitative estimate of drug-likeness (QED) is 0.757. The molecule has 0 saturated heterocycles. The van der Waals surface area contributed by atoms with Gasteiger partial charge in [0.2, 0.25) is 5.91 Å². The molecule has 0 aliphatic carbocycles. The van der Waals surface area contributed by atoms with Crippen LogP contribution in [-0.4, -0.2) is 33.2 Å². The number of aromatic nitrogens is 2. The Hall–Kier alpha value is -2.28. The fourth-order valence-corrected chi connectivity index (χ4v) is 4.51. The molecule has 5 nitrogen and oxygen atoms in total. The molecule has 0 fully saturated rings. The molecular formula is C19H20FN3O2S. The van der Waals surface area contributed by atoms with Gasteiger partial charge in [-0.3, -0.25) is 4.79 Å². The highest BCUT2D eigenvalue weighted by Gasteiger charge is 2.24. The van der Waals surface area contributed by atoms with Gasteiger partial charge in [-0.25, -0.2) is 4.39 Å². The first-order chi connectivity index (χ1) is 12.5. The Morgan fingerprint density at radius 2 is 2.27 bits per heavy atom. The number of carbonyl (C=O) groups excluding carboxylic acids is 1. The van der Waals surface area contributed by atoms with Crippen molar-refractivity contribution < 1.29 is 13.7 Å². The van der Waals surface area contributed by atoms with Gasteiger partial charge in [-0.1, -0.05) is 5.16 Å². The summed E-state index contributed by atoms with van der Waals surface area (Å²) in [6.45, 7) is 5.02. The van der Waals surface area contributed by atoms with Crippen molar-refractivity contribution in [2.24, 2.45) is 0 Å². The van der Waals surface area contributed by atoms with Crippen molar-refractivity contribution in [1.82, 2.24) is 15.0 Å². The standard InChI is InChI=1S/C19H20FN3O2S/c1-11-16(12(2)25-22-11)9-26-10-19(24)23-6-5-18-15(8-23)14-7-13(20)3-4-17(14)21-18/h3-4,7,21H,5-6,8-10H2,1-2H3. The van der Waals surface area contributed by atoms with E-state index in [1.165, 1.54) is 6.07 Å². The lowest BCUT2D eigenvalue weighted by atomic mass is 10.0. The molecule has 1 N–H and O–H groups in total. The van der Waals surface area contributed by atoms with E-state index in [4.69, 9.17) is 4.52 Å². The van der Waals surface area contributed by atoms with Crippen LogP contribution in [0.15, 0.2) is 22.7 Å². The zero-order valence-electron chi connectivity index (χ0n) is 14.8. The van der Waals surface area contributed by atoms with Crippen molar-refractivity contribution in [3.05, 3.63) is 52.3 Å². The largest absolute Gasteiger partial charge is 0.361 e. The molecule has 0 bridgehead atoms. The highest BCUT2D eigenvalue weighted by molar-refractivity contribution is 7.99. The predicted molar refractivity (Wildman–Crippen MR) is 99.5 cm³/mol. The molecule has 3 heterocycles. The van der Waals surface area contributed by atoms with E-state index < -0.39 is 0 Å². The van der Waals surface area contributed by atoms with Crippen molar-refractivity contribution in [2.75, 3.05) is 12.3 Å². The molecule has 1 aliphatic rings. The van der Waals surface area contributed by atoms with Crippen LogP contribution < -0.4 is 0 Å². The normalized spacial score (nSPS) is 14.0. The van der Waals surface area contributed by atoms with E-state index in [2.05, 4.69) is 10.1 Å². The lowest BCUT2D eigenvalue weighted by Crippen LogP contribution is -2.36. The van der Waals surface area contributed by atoms with E-state index in [1.54, 1.807) is 23.9 Å². The number of rotatable bonds is 4. The van der Waals surface area contributed by atoms with Gasteiger partial charge in [0.1, 0.15) is 11.6 Å². The fourth-order valence-electron chi connectivity index (χ4n) is 3.44. The van der Waals surface area contributed by atoms with Crippen molar-refractivity contribution in [2.45, 2.75) is 32.6 Å². The van der Waals surface area contributed by atoms with Gasteiger partial charge in [0.25, 0.3) is 0 Å². The molecule has 0 radical (unpaired) electrons. The molecule has 0 unspecified atom stereocenters. The third kappa shape index (κ3) is 3.11. The second kappa shape index (κ2) is 6.79. The summed E-state index contributed by atoms with van der Waals surface area (Å²) in [5.74, 6) is 1.79. The number of carbonyl (C=O) groups is 1. The summed E-state index contributed by atoms with van der Waals surface area (Å²) < 4.78 is 18.8. The first-order valence-corrected chi connectivity index (χ1v) is 9.74. The Balaban J connectivity index is 1.42. The minimum atomic E-state index is -0.252. The number of nitrogens with zero attached hydrogens (tertiary/aromatic N) is 2. The number of nitrogens with one attached hydrogen (secondary N) is 1. The lowest BCUT2D eigenvalue weighted by molar-refractivity contribution is -0.129. The van der Waals surface area contributed by atoms with Gasteiger partial charge in [-0.05, 0) is 32.0 Å². The zero-order chi connectivity index (χ0) is 18.3. The van der Waals surface area contributed by atoms with E-state index in [-0.39, 0.29) is 11.7 Å². The summed E-state index contributed by atoms with van der Waals surface area (Å²) in [5.41, 5.74) is 5.02. The molecule has 26 heavy (non-hydrogen) atoms. The first kappa shape index (κ1) is 17.1. The summed E-state index contributed by atoms with van der Waals surface area (Å²) in [4.78, 5) is 17.8. The summed E-state index contributed by atoms with van der Waals surface area (Å²) in [6.07, 6.45) is 0.770. The topological polar surface area (TPSA) is 62.1 Å². The van der Waals surface area contributed by atoms with Gasteiger partial charge in [0.15, 0.2) is 0 Å². The first-order valence-electron chi connectivity index (χ1n) is 8.59. The van der Waals surface area contributed by atoms with E-state index in [1.807, 2.05) is 18.7 Å². The van der Waals surface area contributed by atoms with Gasteiger partial charge in [-0.15, -0.1) is 11.8 Å². The Labute approximate surface area is 154 Å². The Kier molecular flexibility index (Phi) is 4.48. The Morgan fingerprint density at radius 1 is 1.42 bits per heavy atom. The SMILES string of the molecule is Cc1noc(C)c1CSCC(=O)N1CCc2[nH]c3ccc(F)cc3c2C1. The van der Waals surface area contributed by atoms with Crippen LogP contribution >= 0.6 is 11.8 Å². The van der Waals surface area contributed by atoms with Crippen LogP contribution in [0.25, 0.3) is 10.9 Å². The van der Waals surface area contributed by atoms with Crippen LogP contribution in [0.3, 0.4) is 0 Å². The number of hydrogen-bond donors (Lipinski definition) is 1. The molecule has 2 aromatic heterocycles. The third-order valence-corrected chi connectivity index (χ3v) is 5.89. The van der Waals surface area contributed by atoms with Crippen LogP contribution in [0.1, 0.15) is 28.3 Å². The van der Waals surface area contributed by atoms with Gasteiger partial charge in [-0.2, -0.15) is 0 Å². The van der Waals surface area contributed by atoms with E-state index in [0.29, 0.717) is 24.6 Å². The highest BCUT2D eigenvalue weighted by Crippen LogP contribution is 2.29. The van der Waals surface area contributed by atoms with Crippen LogP contribution in [0, 0.1) is 19.7 Å². The minimum absolute atomic E-state index is 0.109. The average molecular weight is 373 g/mol. The van der Waals surface area contributed by atoms with Crippen LogP contribution in [0.2, 0.25) is 0 Å². The van der Waals surface area contributed by atoms with Gasteiger partial charge in [0.05, 0.1) is 11.4 Å². The minimum Gasteiger partial charge on any atom is -0.361 e. The zero-order valence-corrected chi connectivity index (χ0v) is 15.6. The summed E-state index contributed by atoms with van der Waals surface area (Å²) in [5, 5.41) is 4.82. The Bertz CT molecular complexity index is 959. The lowest BCUT2D eigenvalue weighted by Gasteiger charge is -2.27. The molecule has 1 aromatic carbocycles. The number of amides is 1. The maximum atomic E-state index is 13.6. The number of benzene rings is 1. The number of hydrogen-bond acceptors (Lipinski definition) is 4. The predicted octanol–water partition coefficient (Wildman–Crippen LogP) is 3.73. The second-order valence-corrected chi connectivity index (χ2v) is 7.62. The number of halogens is 1. The maximum absolute atomic E-state index is 13.6. The average Bonchev–Trinajstić information content (AvgIpc) is 3.15. The van der Waals surface area contributed by atoms with E-state index in [9.17, 15) is 9.18 Å². The van der Waals surface area contributed by atoms with Crippen LogP contribution in [0.5, 0.6) is 0 Å². The molecule has 0 saturated carbocycles. The highest BCUT2D eigenvalue weighted by atomic mass is 32.2. The molecule has 3 aromatic rings. The fraction of sp³-hybridized carbons (Fsp3) is 0.368. The van der Waals surface area contributed by atoms with Gasteiger partial charge >= 0.3 is 0 Å². The molecule has 7 heteroatoms. The molecule has 1 amide bonds. The molecule has 0 atom stereocenters. The number of aromatic amines is 1. The molecule has 0 spiro atoms.